The Balaban J connectivity index is 2.21. The summed E-state index contributed by atoms with van der Waals surface area (Å²) in [5.41, 5.74) is 1.41. The second-order valence-electron chi connectivity index (χ2n) is 4.56. The summed E-state index contributed by atoms with van der Waals surface area (Å²) >= 11 is 0. The monoisotopic (exact) mass is 282 g/mol. The van der Waals surface area contributed by atoms with Crippen LogP contribution in [-0.4, -0.2) is 4.98 Å². The van der Waals surface area contributed by atoms with Crippen molar-refractivity contribution in [3.63, 3.8) is 0 Å². The van der Waals surface area contributed by atoms with Gasteiger partial charge in [0.25, 0.3) is 0 Å². The molecule has 3 rings (SSSR count). The Bertz CT molecular complexity index is 923. The Kier molecular flexibility index (Phi) is 2.44. The lowest BCUT2D eigenvalue weighted by atomic mass is 9.97. The summed E-state index contributed by atoms with van der Waals surface area (Å²) in [6.45, 7) is -2.99. The first-order valence-electron chi connectivity index (χ1n) is 9.03. The number of aromatic nitrogens is 1. The molecule has 0 amide bonds. The zero-order valence-corrected chi connectivity index (χ0v) is 11.2. The molecule has 1 aromatic heterocycles. The molecule has 104 valence electrons. The van der Waals surface area contributed by atoms with Gasteiger partial charge >= 0.3 is 0 Å². The topological polar surface area (TPSA) is 12.9 Å². The van der Waals surface area contributed by atoms with Crippen LogP contribution in [0, 0.1) is 5.82 Å². The third-order valence-electron chi connectivity index (χ3n) is 3.28. The number of halogens is 1. The highest BCUT2D eigenvalue weighted by Gasteiger charge is 2.14. The van der Waals surface area contributed by atoms with Gasteiger partial charge in [-0.1, -0.05) is 55.4 Å². The minimum absolute atomic E-state index is 0.0649. The van der Waals surface area contributed by atoms with Crippen LogP contribution in [0.15, 0.2) is 66.9 Å². The molecule has 3 aromatic rings. The van der Waals surface area contributed by atoms with Gasteiger partial charge in [-0.05, 0) is 29.6 Å². The molecule has 0 aliphatic carbocycles. The van der Waals surface area contributed by atoms with Gasteiger partial charge in [-0.25, -0.2) is 4.39 Å². The molecule has 1 nitrogen and oxygen atoms in total. The van der Waals surface area contributed by atoms with Gasteiger partial charge in [-0.15, -0.1) is 0 Å². The molecule has 21 heavy (non-hydrogen) atoms. The number of pyridine rings is 1. The molecule has 0 aliphatic rings. The van der Waals surface area contributed by atoms with Crippen LogP contribution in [0.5, 0.6) is 0 Å². The summed E-state index contributed by atoms with van der Waals surface area (Å²) in [6.07, 6.45) is -1.29. The van der Waals surface area contributed by atoms with Crippen LogP contribution in [0.2, 0.25) is 0 Å². The van der Waals surface area contributed by atoms with Gasteiger partial charge in [0.1, 0.15) is 5.82 Å². The minimum Gasteiger partial charge on any atom is -0.255 e. The van der Waals surface area contributed by atoms with Crippen LogP contribution in [0.4, 0.5) is 4.39 Å². The predicted octanol–water partition coefficient (Wildman–Crippen LogP) is 5.12. The highest BCUT2D eigenvalue weighted by atomic mass is 19.1. The van der Waals surface area contributed by atoms with Crippen molar-refractivity contribution in [1.29, 1.82) is 0 Å². The van der Waals surface area contributed by atoms with Crippen LogP contribution in [0.25, 0.3) is 22.4 Å². The average Bonchev–Trinajstić information content (AvgIpc) is 2.61. The molecule has 0 fully saturated rings. The van der Waals surface area contributed by atoms with Gasteiger partial charge in [0.15, 0.2) is 0 Å². The first-order valence-corrected chi connectivity index (χ1v) is 6.53. The quantitative estimate of drug-likeness (QED) is 0.650. The van der Waals surface area contributed by atoms with E-state index >= 15 is 4.39 Å². The van der Waals surface area contributed by atoms with E-state index in [1.54, 1.807) is 12.1 Å². The van der Waals surface area contributed by atoms with Crippen molar-refractivity contribution in [2.24, 2.45) is 0 Å². The van der Waals surface area contributed by atoms with Gasteiger partial charge in [-0.2, -0.15) is 0 Å². The van der Waals surface area contributed by atoms with E-state index in [2.05, 4.69) is 4.98 Å². The Morgan fingerprint density at radius 1 is 1.00 bits per heavy atom. The van der Waals surface area contributed by atoms with E-state index in [4.69, 9.17) is 6.85 Å². The van der Waals surface area contributed by atoms with Gasteiger partial charge in [0.2, 0.25) is 0 Å². The van der Waals surface area contributed by atoms with Crippen LogP contribution in [-0.2, 0) is 6.37 Å². The average molecular weight is 282 g/mol. The zero-order chi connectivity index (χ0) is 18.9. The van der Waals surface area contributed by atoms with Crippen LogP contribution < -0.4 is 0 Å². The molecule has 0 saturated heterocycles. The fourth-order valence-electron chi connectivity index (χ4n) is 2.28. The molecule has 0 bridgehead atoms. The van der Waals surface area contributed by atoms with Gasteiger partial charge < -0.3 is 0 Å². The van der Waals surface area contributed by atoms with Crippen molar-refractivity contribution < 1.29 is 11.2 Å². The standard InChI is InChI=1S/C19H16FN/c1-2-14-10-6-11-17(18(14)20)19-16(12-7-13-21-19)15-8-4-3-5-9-15/h3-13H,2H2,1H3/i1D3,2D2. The largest absolute Gasteiger partial charge is 0.255 e. The molecule has 0 aliphatic heterocycles. The Morgan fingerprint density at radius 3 is 2.62 bits per heavy atom. The van der Waals surface area contributed by atoms with Crippen molar-refractivity contribution in [1.82, 2.24) is 4.98 Å². The SMILES string of the molecule is [2H]C([2H])([2H])C([2H])([2H])c1cccc(-c2ncccc2-c2ccccc2)c1F. The van der Waals surface area contributed by atoms with E-state index < -0.39 is 24.6 Å². The molecule has 0 spiro atoms. The van der Waals surface area contributed by atoms with Crippen molar-refractivity contribution in [2.45, 2.75) is 13.2 Å². The lowest BCUT2D eigenvalue weighted by Gasteiger charge is -2.11. The normalized spacial score (nSPS) is 15.4. The molecule has 1 heterocycles. The number of rotatable bonds is 3. The smallest absolute Gasteiger partial charge is 0.135 e. The molecule has 0 radical (unpaired) electrons. The third-order valence-corrected chi connectivity index (χ3v) is 3.28. The molecule has 0 atom stereocenters. The van der Waals surface area contributed by atoms with E-state index in [9.17, 15) is 0 Å². The van der Waals surface area contributed by atoms with Crippen LogP contribution in [0.3, 0.4) is 0 Å². The summed E-state index contributed by atoms with van der Waals surface area (Å²) in [7, 11) is 0. The maximum absolute atomic E-state index is 15.1. The van der Waals surface area contributed by atoms with E-state index in [1.807, 2.05) is 30.3 Å². The van der Waals surface area contributed by atoms with Crippen molar-refractivity contribution >= 4 is 0 Å². The summed E-state index contributed by atoms with van der Waals surface area (Å²) in [5, 5.41) is 0. The fraction of sp³-hybridized carbons (Fsp3) is 0.105. The van der Waals surface area contributed by atoms with E-state index in [1.165, 1.54) is 18.3 Å². The van der Waals surface area contributed by atoms with Gasteiger partial charge in [0, 0.05) is 24.2 Å². The van der Waals surface area contributed by atoms with Crippen molar-refractivity contribution in [3.8, 4) is 22.4 Å². The number of benzene rings is 2. The second kappa shape index (κ2) is 5.88. The predicted molar refractivity (Wildman–Crippen MR) is 84.4 cm³/mol. The summed E-state index contributed by atoms with van der Waals surface area (Å²) < 4.78 is 53.1. The first kappa shape index (κ1) is 8.73. The number of hydrogen-bond donors (Lipinski definition) is 0. The molecule has 2 aromatic carbocycles. The Labute approximate surface area is 131 Å². The minimum atomic E-state index is -2.99. The highest BCUT2D eigenvalue weighted by Crippen LogP contribution is 2.32. The maximum atomic E-state index is 15.1. The Morgan fingerprint density at radius 2 is 1.81 bits per heavy atom. The van der Waals surface area contributed by atoms with Crippen molar-refractivity contribution in [2.75, 3.05) is 0 Å². The fourth-order valence-corrected chi connectivity index (χ4v) is 2.28. The lowest BCUT2D eigenvalue weighted by molar-refractivity contribution is 0.615. The van der Waals surface area contributed by atoms with Crippen LogP contribution >= 0.6 is 0 Å². The second-order valence-corrected chi connectivity index (χ2v) is 4.56. The molecule has 0 N–H and O–H groups in total. The number of aryl methyl sites for hydroxylation is 1. The van der Waals surface area contributed by atoms with E-state index in [-0.39, 0.29) is 5.56 Å². The Hall–Kier alpha value is -2.48. The summed E-state index contributed by atoms with van der Waals surface area (Å²) in [4.78, 5) is 4.27. The maximum Gasteiger partial charge on any atom is 0.135 e. The van der Waals surface area contributed by atoms with Gasteiger partial charge in [0.05, 0.1) is 5.69 Å². The highest BCUT2D eigenvalue weighted by molar-refractivity contribution is 5.81. The number of hydrogen-bond acceptors (Lipinski definition) is 1. The van der Waals surface area contributed by atoms with Gasteiger partial charge in [-0.3, -0.25) is 4.98 Å². The zero-order valence-electron chi connectivity index (χ0n) is 16.2. The molecular weight excluding hydrogens is 261 g/mol. The number of nitrogens with zero attached hydrogens (tertiary/aromatic N) is 1. The lowest BCUT2D eigenvalue weighted by Crippen LogP contribution is -1.95. The molecule has 0 saturated carbocycles. The molecule has 0 unspecified atom stereocenters. The van der Waals surface area contributed by atoms with Crippen molar-refractivity contribution in [3.05, 3.63) is 78.2 Å². The summed E-state index contributed by atoms with van der Waals surface area (Å²) in [6, 6.07) is 16.9. The molecular formula is C19H16FN. The molecule has 2 heteroatoms. The summed E-state index contributed by atoms with van der Waals surface area (Å²) in [5.74, 6) is -0.912. The van der Waals surface area contributed by atoms with E-state index in [0.29, 0.717) is 11.3 Å². The first-order chi connectivity index (χ1) is 12.2. The third kappa shape index (κ3) is 2.57. The van der Waals surface area contributed by atoms with E-state index in [0.717, 1.165) is 11.6 Å². The van der Waals surface area contributed by atoms with Crippen LogP contribution in [0.1, 0.15) is 19.3 Å².